The SMILES string of the molecule is CC(C)(C)OC(=O)NC1CC12CCC(O)CC2. The van der Waals surface area contributed by atoms with E-state index in [-0.39, 0.29) is 23.7 Å². The largest absolute Gasteiger partial charge is 0.444 e. The molecule has 4 nitrogen and oxygen atoms in total. The molecule has 1 amide bonds. The minimum atomic E-state index is -0.436. The summed E-state index contributed by atoms with van der Waals surface area (Å²) in [4.78, 5) is 11.6. The Morgan fingerprint density at radius 3 is 2.47 bits per heavy atom. The van der Waals surface area contributed by atoms with Gasteiger partial charge in [-0.05, 0) is 58.3 Å². The maximum atomic E-state index is 11.6. The highest BCUT2D eigenvalue weighted by Crippen LogP contribution is 2.56. The Balaban J connectivity index is 1.78. The molecule has 0 saturated heterocycles. The minimum absolute atomic E-state index is 0.136. The average Bonchev–Trinajstić information content (AvgIpc) is 2.81. The van der Waals surface area contributed by atoms with Gasteiger partial charge < -0.3 is 15.2 Å². The number of aliphatic hydroxyl groups excluding tert-OH is 1. The molecule has 2 N–H and O–H groups in total. The maximum absolute atomic E-state index is 11.6. The van der Waals surface area contributed by atoms with Crippen molar-refractivity contribution in [3.8, 4) is 0 Å². The van der Waals surface area contributed by atoms with Crippen molar-refractivity contribution in [2.45, 2.75) is 70.6 Å². The van der Waals surface area contributed by atoms with E-state index in [9.17, 15) is 9.90 Å². The van der Waals surface area contributed by atoms with Gasteiger partial charge in [0.25, 0.3) is 0 Å². The summed E-state index contributed by atoms with van der Waals surface area (Å²) in [6, 6.07) is 0.254. The molecule has 0 bridgehead atoms. The molecule has 2 fully saturated rings. The van der Waals surface area contributed by atoms with E-state index in [1.807, 2.05) is 20.8 Å². The third-order valence-corrected chi connectivity index (χ3v) is 3.83. The number of ether oxygens (including phenoxy) is 1. The number of carbonyl (C=O) groups is 1. The highest BCUT2D eigenvalue weighted by Gasteiger charge is 2.55. The molecule has 1 atom stereocenters. The number of amides is 1. The van der Waals surface area contributed by atoms with E-state index in [0.29, 0.717) is 0 Å². The topological polar surface area (TPSA) is 58.6 Å². The third-order valence-electron chi connectivity index (χ3n) is 3.83. The molecule has 17 heavy (non-hydrogen) atoms. The Morgan fingerprint density at radius 1 is 1.35 bits per heavy atom. The summed E-state index contributed by atoms with van der Waals surface area (Å²) in [6.07, 6.45) is 4.37. The molecule has 2 rings (SSSR count). The summed E-state index contributed by atoms with van der Waals surface area (Å²) in [5.74, 6) is 0. The van der Waals surface area contributed by atoms with Crippen LogP contribution in [0.25, 0.3) is 0 Å². The van der Waals surface area contributed by atoms with Gasteiger partial charge in [-0.3, -0.25) is 0 Å². The van der Waals surface area contributed by atoms with Crippen LogP contribution in [-0.2, 0) is 4.74 Å². The number of hydrogen-bond acceptors (Lipinski definition) is 3. The van der Waals surface area contributed by atoms with Crippen molar-refractivity contribution in [1.82, 2.24) is 5.32 Å². The van der Waals surface area contributed by atoms with E-state index >= 15 is 0 Å². The molecule has 0 heterocycles. The highest BCUT2D eigenvalue weighted by molar-refractivity contribution is 5.68. The van der Waals surface area contributed by atoms with Gasteiger partial charge in [0.05, 0.1) is 6.10 Å². The van der Waals surface area contributed by atoms with Gasteiger partial charge in [-0.1, -0.05) is 0 Å². The summed E-state index contributed by atoms with van der Waals surface area (Å²) < 4.78 is 5.24. The summed E-state index contributed by atoms with van der Waals surface area (Å²) in [5.41, 5.74) is -0.176. The van der Waals surface area contributed by atoms with E-state index in [2.05, 4.69) is 5.32 Å². The van der Waals surface area contributed by atoms with Crippen LogP contribution in [0.2, 0.25) is 0 Å². The second kappa shape index (κ2) is 4.16. The number of hydrogen-bond donors (Lipinski definition) is 2. The molecule has 0 aromatic heterocycles. The molecular formula is C13H23NO3. The van der Waals surface area contributed by atoms with E-state index in [4.69, 9.17) is 4.74 Å². The van der Waals surface area contributed by atoms with Gasteiger partial charge in [-0.25, -0.2) is 4.79 Å². The Hall–Kier alpha value is -0.770. The van der Waals surface area contributed by atoms with Crippen molar-refractivity contribution in [2.75, 3.05) is 0 Å². The average molecular weight is 241 g/mol. The first kappa shape index (κ1) is 12.7. The van der Waals surface area contributed by atoms with Crippen molar-refractivity contribution in [1.29, 1.82) is 0 Å². The van der Waals surface area contributed by atoms with Crippen LogP contribution in [0.5, 0.6) is 0 Å². The van der Waals surface area contributed by atoms with E-state index < -0.39 is 5.60 Å². The van der Waals surface area contributed by atoms with Crippen LogP contribution in [0, 0.1) is 5.41 Å². The fourth-order valence-corrected chi connectivity index (χ4v) is 2.73. The minimum Gasteiger partial charge on any atom is -0.444 e. The lowest BCUT2D eigenvalue weighted by molar-refractivity contribution is 0.0503. The molecule has 0 aromatic carbocycles. The van der Waals surface area contributed by atoms with Crippen LogP contribution in [0.3, 0.4) is 0 Å². The molecule has 98 valence electrons. The van der Waals surface area contributed by atoms with Gasteiger partial charge in [0, 0.05) is 6.04 Å². The maximum Gasteiger partial charge on any atom is 0.407 e. The molecule has 2 aliphatic carbocycles. The van der Waals surface area contributed by atoms with Gasteiger partial charge >= 0.3 is 6.09 Å². The molecular weight excluding hydrogens is 218 g/mol. The normalized spacial score (nSPS) is 36.7. The number of rotatable bonds is 1. The Bertz CT molecular complexity index is 300. The molecule has 0 aromatic rings. The van der Waals surface area contributed by atoms with Crippen LogP contribution in [-0.4, -0.2) is 28.9 Å². The van der Waals surface area contributed by atoms with Crippen LogP contribution in [0.4, 0.5) is 4.79 Å². The zero-order valence-electron chi connectivity index (χ0n) is 11.0. The Labute approximate surface area is 103 Å². The molecule has 2 saturated carbocycles. The molecule has 0 aliphatic heterocycles. The van der Waals surface area contributed by atoms with Gasteiger partial charge in [0.15, 0.2) is 0 Å². The van der Waals surface area contributed by atoms with Crippen LogP contribution >= 0.6 is 0 Å². The van der Waals surface area contributed by atoms with Crippen molar-refractivity contribution < 1.29 is 14.6 Å². The molecule has 1 unspecified atom stereocenters. The van der Waals surface area contributed by atoms with E-state index in [1.54, 1.807) is 0 Å². The van der Waals surface area contributed by atoms with Gasteiger partial charge in [0.1, 0.15) is 5.60 Å². The fraction of sp³-hybridized carbons (Fsp3) is 0.923. The molecule has 0 radical (unpaired) electrons. The summed E-state index contributed by atoms with van der Waals surface area (Å²) >= 11 is 0. The summed E-state index contributed by atoms with van der Waals surface area (Å²) in [6.45, 7) is 5.60. The van der Waals surface area contributed by atoms with E-state index in [1.165, 1.54) is 0 Å². The second-order valence-corrected chi connectivity index (χ2v) is 6.50. The number of carbonyl (C=O) groups excluding carboxylic acids is 1. The first-order valence-electron chi connectivity index (χ1n) is 6.48. The van der Waals surface area contributed by atoms with Crippen molar-refractivity contribution >= 4 is 6.09 Å². The zero-order chi connectivity index (χ0) is 12.7. The van der Waals surface area contributed by atoms with Gasteiger partial charge in [0.2, 0.25) is 0 Å². The lowest BCUT2D eigenvalue weighted by Crippen LogP contribution is -2.36. The van der Waals surface area contributed by atoms with Crippen LogP contribution in [0.1, 0.15) is 52.9 Å². The standard InChI is InChI=1S/C13H23NO3/c1-12(2,3)17-11(16)14-10-8-13(10)6-4-9(15)5-7-13/h9-10,15H,4-8H2,1-3H3,(H,14,16). The predicted octanol–water partition coefficient (Wildman–Crippen LogP) is 2.20. The second-order valence-electron chi connectivity index (χ2n) is 6.50. The molecule has 2 aliphatic rings. The Kier molecular flexibility index (Phi) is 3.10. The molecule has 4 heteroatoms. The quantitative estimate of drug-likeness (QED) is 0.740. The summed E-state index contributed by atoms with van der Waals surface area (Å²) in [7, 11) is 0. The van der Waals surface area contributed by atoms with Crippen LogP contribution in [0.15, 0.2) is 0 Å². The summed E-state index contributed by atoms with van der Waals surface area (Å²) in [5, 5.41) is 12.4. The monoisotopic (exact) mass is 241 g/mol. The van der Waals surface area contributed by atoms with E-state index in [0.717, 1.165) is 32.1 Å². The fourth-order valence-electron chi connectivity index (χ4n) is 2.73. The number of alkyl carbamates (subject to hydrolysis) is 1. The first-order chi connectivity index (χ1) is 7.81. The third kappa shape index (κ3) is 3.12. The predicted molar refractivity (Wildman–Crippen MR) is 64.7 cm³/mol. The number of aliphatic hydroxyl groups is 1. The first-order valence-corrected chi connectivity index (χ1v) is 6.48. The highest BCUT2D eigenvalue weighted by atomic mass is 16.6. The van der Waals surface area contributed by atoms with Gasteiger partial charge in [-0.2, -0.15) is 0 Å². The zero-order valence-corrected chi connectivity index (χ0v) is 11.0. The Morgan fingerprint density at radius 2 is 1.94 bits per heavy atom. The number of nitrogens with one attached hydrogen (secondary N) is 1. The lowest BCUT2D eigenvalue weighted by Gasteiger charge is -2.26. The molecule has 1 spiro atoms. The van der Waals surface area contributed by atoms with Gasteiger partial charge in [-0.15, -0.1) is 0 Å². The van der Waals surface area contributed by atoms with Crippen molar-refractivity contribution in [2.24, 2.45) is 5.41 Å². The van der Waals surface area contributed by atoms with Crippen LogP contribution < -0.4 is 5.32 Å². The van der Waals surface area contributed by atoms with Crippen molar-refractivity contribution in [3.63, 3.8) is 0 Å². The van der Waals surface area contributed by atoms with Crippen molar-refractivity contribution in [3.05, 3.63) is 0 Å². The smallest absolute Gasteiger partial charge is 0.407 e. The lowest BCUT2D eigenvalue weighted by atomic mass is 9.84.